The van der Waals surface area contributed by atoms with Crippen molar-refractivity contribution in [3.05, 3.63) is 24.3 Å². The highest BCUT2D eigenvalue weighted by Gasteiger charge is 2.44. The number of carbonyl (C=O) groups excluding carboxylic acids is 1. The molecule has 0 aliphatic carbocycles. The number of hydrogen-bond donors (Lipinski definition) is 5. The molecule has 0 radical (unpaired) electrons. The van der Waals surface area contributed by atoms with Gasteiger partial charge in [0.2, 0.25) is 12.2 Å². The molecule has 8 heteroatoms. The summed E-state index contributed by atoms with van der Waals surface area (Å²) in [7, 11) is 0. The average molecular weight is 313 g/mol. The fourth-order valence-corrected chi connectivity index (χ4v) is 2.12. The molecular weight excluding hydrogens is 294 g/mol. The summed E-state index contributed by atoms with van der Waals surface area (Å²) < 4.78 is 10.6. The van der Waals surface area contributed by atoms with Gasteiger partial charge in [0.25, 0.3) is 0 Å². The van der Waals surface area contributed by atoms with Gasteiger partial charge in [-0.05, 0) is 24.3 Å². The molecule has 1 aromatic rings. The molecule has 0 aromatic heterocycles. The number of carbonyl (C=O) groups is 1. The topological polar surface area (TPSA) is 128 Å². The van der Waals surface area contributed by atoms with Crippen molar-refractivity contribution in [2.75, 3.05) is 11.9 Å². The lowest BCUT2D eigenvalue weighted by Gasteiger charge is -2.39. The van der Waals surface area contributed by atoms with Gasteiger partial charge >= 0.3 is 0 Å². The molecule has 5 atom stereocenters. The molecule has 1 amide bonds. The standard InChI is InChI=1S/C14H19NO7/c1-7(17)15-8-2-4-9(5-3-8)21-14-13(20)12(19)11(18)10(6-16)22-14/h2-5,10-14,16,18-20H,6H2,1H3,(H,15,17)/t10?,11-,12+,13?,14-/m1/s1. The Morgan fingerprint density at radius 2 is 1.82 bits per heavy atom. The van der Waals surface area contributed by atoms with E-state index in [0.29, 0.717) is 11.4 Å². The highest BCUT2D eigenvalue weighted by molar-refractivity contribution is 5.88. The number of rotatable bonds is 4. The minimum atomic E-state index is -1.49. The van der Waals surface area contributed by atoms with Gasteiger partial charge < -0.3 is 35.2 Å². The van der Waals surface area contributed by atoms with Gasteiger partial charge in [0.15, 0.2) is 0 Å². The molecule has 1 aromatic carbocycles. The first kappa shape index (κ1) is 16.7. The Bertz CT molecular complexity index is 504. The first-order valence-electron chi connectivity index (χ1n) is 6.77. The number of anilines is 1. The van der Waals surface area contributed by atoms with Crippen LogP contribution in [0.15, 0.2) is 24.3 Å². The molecule has 122 valence electrons. The van der Waals surface area contributed by atoms with E-state index in [1.807, 2.05) is 0 Å². The quantitative estimate of drug-likeness (QED) is 0.473. The van der Waals surface area contributed by atoms with Gasteiger partial charge in [0.1, 0.15) is 30.2 Å². The molecule has 5 N–H and O–H groups in total. The van der Waals surface area contributed by atoms with Crippen LogP contribution in [-0.2, 0) is 9.53 Å². The molecular formula is C14H19NO7. The Hall–Kier alpha value is -1.71. The highest BCUT2D eigenvalue weighted by atomic mass is 16.7. The molecule has 1 saturated heterocycles. The van der Waals surface area contributed by atoms with E-state index in [1.54, 1.807) is 24.3 Å². The third kappa shape index (κ3) is 3.73. The first-order chi connectivity index (χ1) is 10.4. The van der Waals surface area contributed by atoms with Gasteiger partial charge in [0, 0.05) is 12.6 Å². The minimum absolute atomic E-state index is 0.206. The molecule has 2 unspecified atom stereocenters. The van der Waals surface area contributed by atoms with E-state index in [1.165, 1.54) is 6.92 Å². The Morgan fingerprint density at radius 1 is 1.18 bits per heavy atom. The summed E-state index contributed by atoms with van der Waals surface area (Å²) in [6, 6.07) is 6.29. The van der Waals surface area contributed by atoms with E-state index in [-0.39, 0.29) is 5.91 Å². The Kier molecular flexibility index (Phi) is 5.33. The van der Waals surface area contributed by atoms with Crippen molar-refractivity contribution in [1.82, 2.24) is 0 Å². The second kappa shape index (κ2) is 7.03. The summed E-state index contributed by atoms with van der Waals surface area (Å²) in [5.41, 5.74) is 0.577. The second-order valence-corrected chi connectivity index (χ2v) is 5.02. The summed E-state index contributed by atoms with van der Waals surface area (Å²) in [5, 5.41) is 40.9. The third-order valence-electron chi connectivity index (χ3n) is 3.28. The van der Waals surface area contributed by atoms with Gasteiger partial charge in [-0.2, -0.15) is 0 Å². The predicted octanol–water partition coefficient (Wildman–Crippen LogP) is -1.18. The predicted molar refractivity (Wildman–Crippen MR) is 75.1 cm³/mol. The maximum atomic E-state index is 10.9. The van der Waals surface area contributed by atoms with Gasteiger partial charge in [-0.3, -0.25) is 4.79 Å². The first-order valence-corrected chi connectivity index (χ1v) is 6.77. The van der Waals surface area contributed by atoms with Crippen LogP contribution in [0.3, 0.4) is 0 Å². The van der Waals surface area contributed by atoms with Crippen LogP contribution >= 0.6 is 0 Å². The van der Waals surface area contributed by atoms with Gasteiger partial charge in [-0.15, -0.1) is 0 Å². The summed E-state index contributed by atoms with van der Waals surface area (Å²) in [6.45, 7) is 0.866. The summed E-state index contributed by atoms with van der Waals surface area (Å²) in [5.74, 6) is 0.126. The van der Waals surface area contributed by atoms with Crippen molar-refractivity contribution < 1.29 is 34.7 Å². The van der Waals surface area contributed by atoms with E-state index < -0.39 is 37.3 Å². The SMILES string of the molecule is CC(=O)Nc1ccc(O[C@@H]2OC(CO)[C@@H](O)[C@H](O)C2O)cc1. The lowest BCUT2D eigenvalue weighted by molar-refractivity contribution is -0.277. The lowest BCUT2D eigenvalue weighted by Crippen LogP contribution is -2.60. The Morgan fingerprint density at radius 3 is 2.36 bits per heavy atom. The fourth-order valence-electron chi connectivity index (χ4n) is 2.12. The molecule has 1 fully saturated rings. The third-order valence-corrected chi connectivity index (χ3v) is 3.28. The maximum absolute atomic E-state index is 10.9. The van der Waals surface area contributed by atoms with Crippen LogP contribution in [0.25, 0.3) is 0 Å². The smallest absolute Gasteiger partial charge is 0.229 e. The van der Waals surface area contributed by atoms with Crippen LogP contribution in [0.5, 0.6) is 5.75 Å². The normalized spacial score (nSPS) is 31.6. The van der Waals surface area contributed by atoms with Crippen LogP contribution in [0, 0.1) is 0 Å². The zero-order chi connectivity index (χ0) is 16.3. The summed E-state index contributed by atoms with van der Waals surface area (Å²) in [4.78, 5) is 10.9. The van der Waals surface area contributed by atoms with Crippen LogP contribution in [-0.4, -0.2) is 63.6 Å². The Balaban J connectivity index is 2.04. The van der Waals surface area contributed by atoms with Crippen molar-refractivity contribution in [3.63, 3.8) is 0 Å². The largest absolute Gasteiger partial charge is 0.462 e. The fraction of sp³-hybridized carbons (Fsp3) is 0.500. The minimum Gasteiger partial charge on any atom is -0.462 e. The van der Waals surface area contributed by atoms with Gasteiger partial charge in [0.05, 0.1) is 6.61 Å². The van der Waals surface area contributed by atoms with E-state index in [4.69, 9.17) is 14.6 Å². The molecule has 1 aliphatic rings. The molecule has 0 spiro atoms. The Labute approximate surface area is 126 Å². The van der Waals surface area contributed by atoms with Crippen molar-refractivity contribution in [2.24, 2.45) is 0 Å². The van der Waals surface area contributed by atoms with Crippen molar-refractivity contribution in [2.45, 2.75) is 37.6 Å². The van der Waals surface area contributed by atoms with E-state index in [0.717, 1.165) is 0 Å². The van der Waals surface area contributed by atoms with E-state index in [9.17, 15) is 20.1 Å². The number of aliphatic hydroxyl groups is 4. The maximum Gasteiger partial charge on any atom is 0.229 e. The molecule has 0 saturated carbocycles. The number of aliphatic hydroxyl groups excluding tert-OH is 4. The lowest BCUT2D eigenvalue weighted by atomic mass is 9.99. The van der Waals surface area contributed by atoms with Gasteiger partial charge in [-0.1, -0.05) is 0 Å². The highest BCUT2D eigenvalue weighted by Crippen LogP contribution is 2.25. The van der Waals surface area contributed by atoms with Crippen LogP contribution in [0.4, 0.5) is 5.69 Å². The van der Waals surface area contributed by atoms with Crippen molar-refractivity contribution in [3.8, 4) is 5.75 Å². The van der Waals surface area contributed by atoms with Crippen molar-refractivity contribution in [1.29, 1.82) is 0 Å². The molecule has 1 heterocycles. The zero-order valence-corrected chi connectivity index (χ0v) is 11.9. The number of nitrogens with one attached hydrogen (secondary N) is 1. The van der Waals surface area contributed by atoms with Crippen LogP contribution < -0.4 is 10.1 Å². The molecule has 8 nitrogen and oxygen atoms in total. The average Bonchev–Trinajstić information content (AvgIpc) is 2.49. The monoisotopic (exact) mass is 313 g/mol. The number of amides is 1. The van der Waals surface area contributed by atoms with E-state index in [2.05, 4.69) is 5.32 Å². The summed E-state index contributed by atoms with van der Waals surface area (Å²) >= 11 is 0. The molecule has 0 bridgehead atoms. The van der Waals surface area contributed by atoms with Gasteiger partial charge in [-0.25, -0.2) is 0 Å². The number of benzene rings is 1. The zero-order valence-electron chi connectivity index (χ0n) is 11.9. The van der Waals surface area contributed by atoms with Crippen molar-refractivity contribution >= 4 is 11.6 Å². The van der Waals surface area contributed by atoms with E-state index >= 15 is 0 Å². The second-order valence-electron chi connectivity index (χ2n) is 5.02. The number of ether oxygens (including phenoxy) is 2. The summed E-state index contributed by atoms with van der Waals surface area (Å²) in [6.07, 6.45) is -6.64. The van der Waals surface area contributed by atoms with Crippen LogP contribution in [0.2, 0.25) is 0 Å². The molecule has 22 heavy (non-hydrogen) atoms. The molecule has 1 aliphatic heterocycles. The molecule has 2 rings (SSSR count). The number of hydrogen-bond acceptors (Lipinski definition) is 7. The van der Waals surface area contributed by atoms with Crippen LogP contribution in [0.1, 0.15) is 6.92 Å².